The molecule has 0 unspecified atom stereocenters. The highest BCUT2D eigenvalue weighted by atomic mass is 32.2. The molecule has 2 aliphatic rings. The molecule has 4 rings (SSSR count). The van der Waals surface area contributed by atoms with Crippen molar-refractivity contribution in [2.75, 3.05) is 44.2 Å². The van der Waals surface area contributed by atoms with Crippen LogP contribution in [0.15, 0.2) is 48.5 Å². The molecule has 12 heteroatoms. The second-order valence-corrected chi connectivity index (χ2v) is 10.8. The summed E-state index contributed by atoms with van der Waals surface area (Å²) in [7, 11) is -5.73. The number of halogens is 4. The van der Waals surface area contributed by atoms with Crippen LogP contribution in [0.5, 0.6) is 5.75 Å². The van der Waals surface area contributed by atoms with E-state index >= 15 is 0 Å². The average molecular weight is 544 g/mol. The van der Waals surface area contributed by atoms with Crippen molar-refractivity contribution >= 4 is 21.8 Å². The molecule has 2 saturated heterocycles. The van der Waals surface area contributed by atoms with E-state index in [9.17, 15) is 30.8 Å². The molecule has 0 radical (unpaired) electrons. The third-order valence-corrected chi connectivity index (χ3v) is 7.78. The molecular weight excluding hydrogens is 514 g/mol. The number of para-hydroxylation sites is 1. The van der Waals surface area contributed by atoms with Crippen LogP contribution in [0.4, 0.5) is 28.0 Å². The first-order chi connectivity index (χ1) is 17.5. The molecular formula is C25H29F4N3O4S. The van der Waals surface area contributed by atoms with Crippen molar-refractivity contribution in [3.63, 3.8) is 0 Å². The van der Waals surface area contributed by atoms with Crippen LogP contribution >= 0.6 is 0 Å². The summed E-state index contributed by atoms with van der Waals surface area (Å²) in [6.07, 6.45) is 3.05. The Labute approximate surface area is 213 Å². The second kappa shape index (κ2) is 11.3. The zero-order valence-electron chi connectivity index (χ0n) is 20.2. The fourth-order valence-electron chi connectivity index (χ4n) is 4.82. The molecule has 2 aromatic rings. The van der Waals surface area contributed by atoms with Crippen LogP contribution in [0.2, 0.25) is 0 Å². The highest BCUT2D eigenvalue weighted by Gasteiger charge is 2.49. The standard InChI is InChI=1S/C25H29F4N3O4S/c26-20-7-9-21(10-8-20)32-18-17-31(24(32)33)14-4-3-13-30-15-11-19(12-16-30)22-5-1-2-6-23(22)36-37(34,35)25(27,28)29/h1-2,5-10,19H,3-4,11-18H2. The molecule has 2 aliphatic heterocycles. The quantitative estimate of drug-likeness (QED) is 0.194. The molecule has 2 aromatic carbocycles. The van der Waals surface area contributed by atoms with E-state index in [1.165, 1.54) is 24.3 Å². The van der Waals surface area contributed by atoms with E-state index in [4.69, 9.17) is 0 Å². The van der Waals surface area contributed by atoms with Gasteiger partial charge in [-0.3, -0.25) is 4.90 Å². The monoisotopic (exact) mass is 543 g/mol. The van der Waals surface area contributed by atoms with Gasteiger partial charge in [0, 0.05) is 25.3 Å². The predicted molar refractivity (Wildman–Crippen MR) is 130 cm³/mol. The van der Waals surface area contributed by atoms with E-state index in [2.05, 4.69) is 9.08 Å². The Morgan fingerprint density at radius 2 is 1.54 bits per heavy atom. The lowest BCUT2D eigenvalue weighted by atomic mass is 9.89. The SMILES string of the molecule is O=C1N(CCCCN2CCC(c3ccccc3OS(=O)(=O)C(F)(F)F)CC2)CCN1c1ccc(F)cc1. The molecule has 0 bridgehead atoms. The summed E-state index contributed by atoms with van der Waals surface area (Å²) in [6.45, 7) is 4.10. The van der Waals surface area contributed by atoms with Gasteiger partial charge in [0.15, 0.2) is 0 Å². The first-order valence-electron chi connectivity index (χ1n) is 12.2. The Bertz CT molecular complexity index is 1180. The Morgan fingerprint density at radius 1 is 0.892 bits per heavy atom. The number of amides is 2. The number of carbonyl (C=O) groups is 1. The summed E-state index contributed by atoms with van der Waals surface area (Å²) in [5.74, 6) is -0.720. The normalized spacial score (nSPS) is 18.0. The topological polar surface area (TPSA) is 70.2 Å². The highest BCUT2D eigenvalue weighted by molar-refractivity contribution is 7.88. The van der Waals surface area contributed by atoms with Crippen molar-refractivity contribution in [2.45, 2.75) is 37.1 Å². The number of urea groups is 1. The number of benzene rings is 2. The van der Waals surface area contributed by atoms with Gasteiger partial charge in [-0.2, -0.15) is 21.6 Å². The largest absolute Gasteiger partial charge is 0.534 e. The summed E-state index contributed by atoms with van der Waals surface area (Å²) in [5, 5.41) is 0. The van der Waals surface area contributed by atoms with Crippen LogP contribution in [0, 0.1) is 5.82 Å². The van der Waals surface area contributed by atoms with Gasteiger partial charge in [-0.1, -0.05) is 18.2 Å². The van der Waals surface area contributed by atoms with Crippen molar-refractivity contribution in [3.05, 3.63) is 59.9 Å². The predicted octanol–water partition coefficient (Wildman–Crippen LogP) is 4.96. The maximum atomic E-state index is 13.1. The van der Waals surface area contributed by atoms with Crippen molar-refractivity contribution in [1.82, 2.24) is 9.80 Å². The molecule has 2 fully saturated rings. The summed E-state index contributed by atoms with van der Waals surface area (Å²) in [5.41, 5.74) is -4.34. The third kappa shape index (κ3) is 6.53. The highest BCUT2D eigenvalue weighted by Crippen LogP contribution is 2.36. The van der Waals surface area contributed by atoms with Gasteiger partial charge in [0.1, 0.15) is 11.6 Å². The molecule has 0 aromatic heterocycles. The van der Waals surface area contributed by atoms with E-state index in [1.54, 1.807) is 34.1 Å². The van der Waals surface area contributed by atoms with Crippen LogP contribution in [0.3, 0.4) is 0 Å². The maximum Gasteiger partial charge on any atom is 0.534 e. The first-order valence-corrected chi connectivity index (χ1v) is 13.6. The van der Waals surface area contributed by atoms with Gasteiger partial charge in [-0.25, -0.2) is 9.18 Å². The molecule has 202 valence electrons. The zero-order valence-corrected chi connectivity index (χ0v) is 21.0. The van der Waals surface area contributed by atoms with E-state index in [0.717, 1.165) is 32.5 Å². The number of carbonyl (C=O) groups excluding carboxylic acids is 1. The van der Waals surface area contributed by atoms with Gasteiger partial charge >= 0.3 is 21.7 Å². The van der Waals surface area contributed by atoms with Crippen molar-refractivity contribution in [1.29, 1.82) is 0 Å². The van der Waals surface area contributed by atoms with E-state index in [1.807, 2.05) is 0 Å². The van der Waals surface area contributed by atoms with Gasteiger partial charge in [-0.05, 0) is 87.1 Å². The number of hydrogen-bond donors (Lipinski definition) is 0. The van der Waals surface area contributed by atoms with Crippen molar-refractivity contribution in [2.24, 2.45) is 0 Å². The minimum absolute atomic E-state index is 0.0826. The Morgan fingerprint density at radius 3 is 2.22 bits per heavy atom. The number of rotatable bonds is 9. The molecule has 2 heterocycles. The molecule has 0 aliphatic carbocycles. The zero-order chi connectivity index (χ0) is 26.6. The number of likely N-dealkylation sites (tertiary alicyclic amines) is 1. The summed E-state index contributed by atoms with van der Waals surface area (Å²) in [6, 6.07) is 11.8. The van der Waals surface area contributed by atoms with E-state index in [0.29, 0.717) is 43.7 Å². The van der Waals surface area contributed by atoms with E-state index < -0.39 is 15.6 Å². The molecule has 0 N–H and O–H groups in total. The van der Waals surface area contributed by atoms with Crippen LogP contribution < -0.4 is 9.08 Å². The third-order valence-electron chi connectivity index (χ3n) is 6.81. The first kappa shape index (κ1) is 27.2. The second-order valence-electron chi connectivity index (χ2n) is 9.24. The number of anilines is 1. The fourth-order valence-corrected chi connectivity index (χ4v) is 5.30. The van der Waals surface area contributed by atoms with Gasteiger partial charge in [0.25, 0.3) is 0 Å². The number of hydrogen-bond acceptors (Lipinski definition) is 5. The fraction of sp³-hybridized carbons (Fsp3) is 0.480. The molecule has 2 amide bonds. The lowest BCUT2D eigenvalue weighted by Crippen LogP contribution is -2.35. The summed E-state index contributed by atoms with van der Waals surface area (Å²) < 4.78 is 78.8. The Hall–Kier alpha value is -2.86. The number of piperidine rings is 1. The average Bonchev–Trinajstić information content (AvgIpc) is 3.22. The summed E-state index contributed by atoms with van der Waals surface area (Å²) in [4.78, 5) is 18.4. The lowest BCUT2D eigenvalue weighted by molar-refractivity contribution is -0.0500. The molecule has 0 atom stereocenters. The number of nitrogens with zero attached hydrogens (tertiary/aromatic N) is 3. The molecule has 37 heavy (non-hydrogen) atoms. The minimum atomic E-state index is -5.73. The number of unbranched alkanes of at least 4 members (excludes halogenated alkanes) is 1. The Balaban J connectivity index is 1.21. The molecule has 7 nitrogen and oxygen atoms in total. The van der Waals surface area contributed by atoms with Gasteiger partial charge in [0.05, 0.1) is 0 Å². The van der Waals surface area contributed by atoms with Gasteiger partial charge in [0.2, 0.25) is 0 Å². The molecule has 0 saturated carbocycles. The number of alkyl halides is 3. The van der Waals surface area contributed by atoms with Crippen LogP contribution in [-0.2, 0) is 10.1 Å². The van der Waals surface area contributed by atoms with Crippen molar-refractivity contribution in [3.8, 4) is 5.75 Å². The van der Waals surface area contributed by atoms with Crippen LogP contribution in [-0.4, -0.2) is 69.0 Å². The Kier molecular flexibility index (Phi) is 8.27. The van der Waals surface area contributed by atoms with Gasteiger partial charge in [-0.15, -0.1) is 0 Å². The lowest BCUT2D eigenvalue weighted by Gasteiger charge is -2.32. The van der Waals surface area contributed by atoms with Crippen LogP contribution in [0.25, 0.3) is 0 Å². The van der Waals surface area contributed by atoms with Crippen LogP contribution in [0.1, 0.15) is 37.2 Å². The van der Waals surface area contributed by atoms with Crippen molar-refractivity contribution < 1.29 is 35.0 Å². The summed E-state index contributed by atoms with van der Waals surface area (Å²) >= 11 is 0. The molecule has 0 spiro atoms. The smallest absolute Gasteiger partial charge is 0.376 e. The maximum absolute atomic E-state index is 13.1. The van der Waals surface area contributed by atoms with Gasteiger partial charge < -0.3 is 14.0 Å². The minimum Gasteiger partial charge on any atom is -0.376 e. The van der Waals surface area contributed by atoms with E-state index in [-0.39, 0.29) is 23.5 Å².